The number of anilines is 1. The summed E-state index contributed by atoms with van der Waals surface area (Å²) in [5.74, 6) is 1.16. The summed E-state index contributed by atoms with van der Waals surface area (Å²) in [4.78, 5) is 22.5. The zero-order valence-corrected chi connectivity index (χ0v) is 17.4. The molecule has 1 amide bonds. The largest absolute Gasteiger partial charge is 0.474 e. The van der Waals surface area contributed by atoms with Gasteiger partial charge in [-0.3, -0.25) is 4.79 Å². The lowest BCUT2D eigenvalue weighted by molar-refractivity contribution is -0.119. The molecule has 0 saturated carbocycles. The Hall–Kier alpha value is -3.66. The van der Waals surface area contributed by atoms with E-state index >= 15 is 0 Å². The van der Waals surface area contributed by atoms with Gasteiger partial charge in [0, 0.05) is 31.8 Å². The fraction of sp³-hybridized carbons (Fsp3) is 0.364. The second-order valence-corrected chi connectivity index (χ2v) is 7.96. The smallest absolute Gasteiger partial charge is 0.231 e. The van der Waals surface area contributed by atoms with Crippen LogP contribution in [0.5, 0.6) is 5.88 Å². The molecule has 6 rings (SSSR count). The summed E-state index contributed by atoms with van der Waals surface area (Å²) in [6, 6.07) is 7.63. The van der Waals surface area contributed by atoms with Crippen LogP contribution in [0, 0.1) is 0 Å². The van der Waals surface area contributed by atoms with Gasteiger partial charge in [-0.15, -0.1) is 5.10 Å². The van der Waals surface area contributed by atoms with E-state index in [1.807, 2.05) is 18.2 Å². The second kappa shape index (κ2) is 7.79. The maximum atomic E-state index is 11.4. The highest BCUT2D eigenvalue weighted by Crippen LogP contribution is 2.33. The van der Waals surface area contributed by atoms with Crippen molar-refractivity contribution in [3.05, 3.63) is 36.7 Å². The zero-order valence-electron chi connectivity index (χ0n) is 17.4. The summed E-state index contributed by atoms with van der Waals surface area (Å²) >= 11 is 0. The van der Waals surface area contributed by atoms with Gasteiger partial charge in [-0.1, -0.05) is 0 Å². The third-order valence-corrected chi connectivity index (χ3v) is 5.87. The molecule has 6 heterocycles. The molecule has 10 heteroatoms. The van der Waals surface area contributed by atoms with Crippen molar-refractivity contribution in [3.63, 3.8) is 0 Å². The van der Waals surface area contributed by atoms with Crippen molar-refractivity contribution in [1.82, 2.24) is 24.9 Å². The topological polar surface area (TPSA) is 107 Å². The van der Waals surface area contributed by atoms with E-state index in [0.717, 1.165) is 30.6 Å². The van der Waals surface area contributed by atoms with Crippen molar-refractivity contribution in [3.8, 4) is 17.3 Å². The number of morpholine rings is 1. The van der Waals surface area contributed by atoms with E-state index < -0.39 is 0 Å². The molecule has 0 radical (unpaired) electrons. The van der Waals surface area contributed by atoms with Gasteiger partial charge in [0.05, 0.1) is 36.5 Å². The average molecular weight is 434 g/mol. The maximum absolute atomic E-state index is 11.4. The summed E-state index contributed by atoms with van der Waals surface area (Å²) < 4.78 is 19.1. The number of furan rings is 1. The van der Waals surface area contributed by atoms with Crippen molar-refractivity contribution >= 4 is 28.3 Å². The average Bonchev–Trinajstić information content (AvgIpc) is 3.55. The third-order valence-electron chi connectivity index (χ3n) is 5.87. The fourth-order valence-electron chi connectivity index (χ4n) is 4.22. The van der Waals surface area contributed by atoms with Crippen LogP contribution in [0.1, 0.15) is 12.8 Å². The van der Waals surface area contributed by atoms with Crippen LogP contribution in [0.4, 0.5) is 5.69 Å². The van der Waals surface area contributed by atoms with Crippen LogP contribution >= 0.6 is 0 Å². The standard InChI is InChI=1S/C22H22N6O4/c29-20-3-1-14(25-20)13-31-21-4-2-19-24-12-17(28(19)26-21)18-11-15-16(5-6-23-22(15)32-18)27-7-9-30-10-8-27/h2,4-6,11-12,14H,1,3,7-10,13H2,(H,25,29)/t14-/m1/s1. The molecule has 1 N–H and O–H groups in total. The fourth-order valence-corrected chi connectivity index (χ4v) is 4.22. The van der Waals surface area contributed by atoms with Crippen LogP contribution in [-0.4, -0.2) is 64.4 Å². The second-order valence-electron chi connectivity index (χ2n) is 7.96. The lowest BCUT2D eigenvalue weighted by atomic mass is 10.2. The van der Waals surface area contributed by atoms with Gasteiger partial charge in [-0.05, 0) is 24.6 Å². The molecular formula is C22H22N6O4. The Morgan fingerprint density at radius 2 is 2.09 bits per heavy atom. The number of fused-ring (bicyclic) bond motifs is 2. The quantitative estimate of drug-likeness (QED) is 0.509. The number of carbonyl (C=O) groups excluding carboxylic acids is 1. The lowest BCUT2D eigenvalue weighted by Gasteiger charge is -2.29. The van der Waals surface area contributed by atoms with Crippen molar-refractivity contribution in [1.29, 1.82) is 0 Å². The first-order valence-corrected chi connectivity index (χ1v) is 10.7. The number of carbonyl (C=O) groups is 1. The molecular weight excluding hydrogens is 412 g/mol. The Balaban J connectivity index is 1.32. The van der Waals surface area contributed by atoms with Crippen LogP contribution in [0.25, 0.3) is 28.2 Å². The summed E-state index contributed by atoms with van der Waals surface area (Å²) in [7, 11) is 0. The molecule has 4 aromatic rings. The van der Waals surface area contributed by atoms with Gasteiger partial charge in [0.25, 0.3) is 0 Å². The molecule has 10 nitrogen and oxygen atoms in total. The predicted molar refractivity (Wildman–Crippen MR) is 116 cm³/mol. The minimum absolute atomic E-state index is 0.0160. The summed E-state index contributed by atoms with van der Waals surface area (Å²) in [5.41, 5.74) is 3.05. The summed E-state index contributed by atoms with van der Waals surface area (Å²) in [6.45, 7) is 3.46. The molecule has 2 aliphatic heterocycles. The Morgan fingerprint density at radius 3 is 2.94 bits per heavy atom. The number of nitrogens with one attached hydrogen (secondary N) is 1. The minimum atomic E-state index is 0.0160. The summed E-state index contributed by atoms with van der Waals surface area (Å²) in [6.07, 6.45) is 4.81. The number of nitrogens with zero attached hydrogens (tertiary/aromatic N) is 5. The summed E-state index contributed by atoms with van der Waals surface area (Å²) in [5, 5.41) is 8.43. The normalized spacial score (nSPS) is 19.1. The van der Waals surface area contributed by atoms with E-state index in [9.17, 15) is 4.79 Å². The van der Waals surface area contributed by atoms with Gasteiger partial charge < -0.3 is 24.1 Å². The molecule has 32 heavy (non-hydrogen) atoms. The number of hydrogen-bond donors (Lipinski definition) is 1. The Labute approximate surface area is 183 Å². The van der Waals surface area contributed by atoms with E-state index in [4.69, 9.17) is 13.9 Å². The van der Waals surface area contributed by atoms with E-state index in [1.165, 1.54) is 0 Å². The maximum Gasteiger partial charge on any atom is 0.231 e. The molecule has 164 valence electrons. The van der Waals surface area contributed by atoms with Crippen molar-refractivity contribution < 1.29 is 18.7 Å². The van der Waals surface area contributed by atoms with Crippen LogP contribution in [0.2, 0.25) is 0 Å². The van der Waals surface area contributed by atoms with Gasteiger partial charge in [-0.25, -0.2) is 14.5 Å². The first-order chi connectivity index (χ1) is 15.7. The Morgan fingerprint density at radius 1 is 1.19 bits per heavy atom. The van der Waals surface area contributed by atoms with Crippen molar-refractivity contribution in [2.24, 2.45) is 0 Å². The minimum Gasteiger partial charge on any atom is -0.474 e. The van der Waals surface area contributed by atoms with E-state index in [2.05, 4.69) is 25.3 Å². The third kappa shape index (κ3) is 3.42. The van der Waals surface area contributed by atoms with Crippen LogP contribution in [0.15, 0.2) is 41.1 Å². The number of imidazole rings is 1. The molecule has 1 atom stereocenters. The van der Waals surface area contributed by atoms with E-state index in [-0.39, 0.29) is 11.9 Å². The zero-order chi connectivity index (χ0) is 21.5. The molecule has 2 saturated heterocycles. The highest BCUT2D eigenvalue weighted by molar-refractivity contribution is 5.91. The predicted octanol–water partition coefficient (Wildman–Crippen LogP) is 2.03. The number of ether oxygens (including phenoxy) is 2. The molecule has 0 aromatic carbocycles. The van der Waals surface area contributed by atoms with Crippen molar-refractivity contribution in [2.45, 2.75) is 18.9 Å². The molecule has 0 unspecified atom stereocenters. The Kier molecular flexibility index (Phi) is 4.64. The number of amides is 1. The molecule has 2 aliphatic rings. The highest BCUT2D eigenvalue weighted by atomic mass is 16.5. The van der Waals surface area contributed by atoms with Gasteiger partial charge in [-0.2, -0.15) is 0 Å². The van der Waals surface area contributed by atoms with Gasteiger partial charge in [0.15, 0.2) is 11.4 Å². The number of aromatic nitrogens is 4. The number of pyridine rings is 1. The number of rotatable bonds is 5. The first-order valence-electron chi connectivity index (χ1n) is 10.7. The molecule has 0 aliphatic carbocycles. The molecule has 0 bridgehead atoms. The molecule has 0 spiro atoms. The van der Waals surface area contributed by atoms with Gasteiger partial charge in [0.1, 0.15) is 12.3 Å². The van der Waals surface area contributed by atoms with Crippen LogP contribution in [-0.2, 0) is 9.53 Å². The van der Waals surface area contributed by atoms with Crippen LogP contribution < -0.4 is 15.0 Å². The molecule has 2 fully saturated rings. The van der Waals surface area contributed by atoms with Crippen molar-refractivity contribution in [2.75, 3.05) is 37.8 Å². The van der Waals surface area contributed by atoms with E-state index in [0.29, 0.717) is 54.9 Å². The van der Waals surface area contributed by atoms with Gasteiger partial charge in [0.2, 0.25) is 17.5 Å². The van der Waals surface area contributed by atoms with Crippen LogP contribution in [0.3, 0.4) is 0 Å². The number of hydrogen-bond acceptors (Lipinski definition) is 8. The highest BCUT2D eigenvalue weighted by Gasteiger charge is 2.22. The monoisotopic (exact) mass is 434 g/mol. The Bertz CT molecular complexity index is 1290. The SMILES string of the molecule is O=C1CC[C@H](COc2ccc3ncc(-c4cc5c(N6CCOCC6)ccnc5o4)n3n2)N1. The van der Waals surface area contributed by atoms with Gasteiger partial charge >= 0.3 is 0 Å². The van der Waals surface area contributed by atoms with E-state index in [1.54, 1.807) is 23.0 Å². The lowest BCUT2D eigenvalue weighted by Crippen LogP contribution is -2.36. The first kappa shape index (κ1) is 19.1. The molecule has 4 aromatic heterocycles.